The van der Waals surface area contributed by atoms with Gasteiger partial charge in [0, 0.05) is 11.1 Å². The molecule has 0 radical (unpaired) electrons. The van der Waals surface area contributed by atoms with E-state index in [1.807, 2.05) is 42.5 Å². The highest BCUT2D eigenvalue weighted by Gasteiger charge is 2.20. The van der Waals surface area contributed by atoms with E-state index in [1.165, 1.54) is 5.56 Å². The largest absolute Gasteiger partial charge is 0.489 e. The third-order valence-electron chi connectivity index (χ3n) is 4.17. The van der Waals surface area contributed by atoms with Crippen LogP contribution in [-0.4, -0.2) is 0 Å². The summed E-state index contributed by atoms with van der Waals surface area (Å²) in [5.74, 6) is 1.82. The first-order valence-electron chi connectivity index (χ1n) is 8.19. The molecule has 0 spiro atoms. The summed E-state index contributed by atoms with van der Waals surface area (Å²) < 4.78 is 13.1. The molecular formula is C22H17IO2. The number of benzene rings is 3. The standard InChI is InChI=1S/C22H17IO2/c23-21-20-12-11-19(24-14-16-7-3-1-4-8-16)13-18(20)15-25-22(21)17-9-5-2-6-10-17/h1-13H,14-15H2. The van der Waals surface area contributed by atoms with E-state index in [0.29, 0.717) is 13.2 Å². The fourth-order valence-electron chi connectivity index (χ4n) is 2.87. The van der Waals surface area contributed by atoms with Crippen molar-refractivity contribution in [3.05, 3.63) is 101 Å². The molecule has 0 atom stereocenters. The van der Waals surface area contributed by atoms with Crippen LogP contribution in [0, 0.1) is 0 Å². The van der Waals surface area contributed by atoms with E-state index < -0.39 is 0 Å². The van der Waals surface area contributed by atoms with Crippen molar-refractivity contribution < 1.29 is 9.47 Å². The van der Waals surface area contributed by atoms with E-state index in [9.17, 15) is 0 Å². The fraction of sp³-hybridized carbons (Fsp3) is 0.0909. The molecule has 124 valence electrons. The molecule has 0 fully saturated rings. The topological polar surface area (TPSA) is 18.5 Å². The van der Waals surface area contributed by atoms with Gasteiger partial charge in [-0.25, -0.2) is 0 Å². The molecule has 3 heteroatoms. The van der Waals surface area contributed by atoms with Crippen LogP contribution >= 0.6 is 22.6 Å². The molecule has 1 aliphatic rings. The summed E-state index contributed by atoms with van der Waals surface area (Å²) in [6, 6.07) is 26.7. The molecule has 0 amide bonds. The number of ether oxygens (including phenoxy) is 2. The SMILES string of the molecule is IC1=C(c2ccccc2)OCc2cc(OCc3ccccc3)ccc21. The molecule has 1 aliphatic heterocycles. The second-order valence-electron chi connectivity index (χ2n) is 5.89. The molecule has 0 bridgehead atoms. The van der Waals surface area contributed by atoms with E-state index >= 15 is 0 Å². The molecule has 0 aliphatic carbocycles. The monoisotopic (exact) mass is 440 g/mol. The first kappa shape index (κ1) is 16.2. The van der Waals surface area contributed by atoms with Crippen molar-refractivity contribution in [3.63, 3.8) is 0 Å². The molecule has 1 heterocycles. The third kappa shape index (κ3) is 3.56. The Morgan fingerprint density at radius 1 is 0.880 bits per heavy atom. The molecule has 3 aromatic carbocycles. The van der Waals surface area contributed by atoms with Crippen molar-refractivity contribution in [1.82, 2.24) is 0 Å². The van der Waals surface area contributed by atoms with Gasteiger partial charge < -0.3 is 9.47 Å². The van der Waals surface area contributed by atoms with Gasteiger partial charge in [-0.3, -0.25) is 0 Å². The number of halogens is 1. The number of hydrogen-bond donors (Lipinski definition) is 0. The zero-order valence-electron chi connectivity index (χ0n) is 13.6. The zero-order chi connectivity index (χ0) is 17.1. The van der Waals surface area contributed by atoms with Crippen LogP contribution in [0.4, 0.5) is 0 Å². The Hall–Kier alpha value is -2.27. The predicted molar refractivity (Wildman–Crippen MR) is 109 cm³/mol. The van der Waals surface area contributed by atoms with E-state index in [4.69, 9.17) is 9.47 Å². The van der Waals surface area contributed by atoms with E-state index in [0.717, 1.165) is 31.8 Å². The third-order valence-corrected chi connectivity index (χ3v) is 5.24. The minimum atomic E-state index is 0.564. The van der Waals surface area contributed by atoms with Gasteiger partial charge in [-0.05, 0) is 51.9 Å². The van der Waals surface area contributed by atoms with Gasteiger partial charge in [0.25, 0.3) is 0 Å². The molecule has 25 heavy (non-hydrogen) atoms. The molecule has 0 N–H and O–H groups in total. The lowest BCUT2D eigenvalue weighted by Gasteiger charge is -2.22. The number of fused-ring (bicyclic) bond motifs is 1. The van der Waals surface area contributed by atoms with Gasteiger partial charge in [0.2, 0.25) is 0 Å². The fourth-order valence-corrected chi connectivity index (χ4v) is 3.86. The van der Waals surface area contributed by atoms with Crippen molar-refractivity contribution in [3.8, 4) is 5.75 Å². The smallest absolute Gasteiger partial charge is 0.140 e. The van der Waals surface area contributed by atoms with Crippen LogP contribution in [0.5, 0.6) is 5.75 Å². The van der Waals surface area contributed by atoms with Crippen molar-refractivity contribution in [1.29, 1.82) is 0 Å². The van der Waals surface area contributed by atoms with Crippen molar-refractivity contribution in [2.45, 2.75) is 13.2 Å². The average molecular weight is 440 g/mol. The first-order valence-corrected chi connectivity index (χ1v) is 9.27. The van der Waals surface area contributed by atoms with Gasteiger partial charge in [-0.15, -0.1) is 0 Å². The highest BCUT2D eigenvalue weighted by Crippen LogP contribution is 2.40. The Kier molecular flexibility index (Phi) is 4.74. The molecule has 4 rings (SSSR count). The molecule has 0 saturated carbocycles. The summed E-state index contributed by atoms with van der Waals surface area (Å²) in [6.07, 6.45) is 0. The maximum atomic E-state index is 6.04. The lowest BCUT2D eigenvalue weighted by Crippen LogP contribution is -2.05. The van der Waals surface area contributed by atoms with Crippen molar-refractivity contribution in [2.75, 3.05) is 0 Å². The molecule has 2 nitrogen and oxygen atoms in total. The van der Waals surface area contributed by atoms with Gasteiger partial charge >= 0.3 is 0 Å². The van der Waals surface area contributed by atoms with E-state index in [1.54, 1.807) is 0 Å². The predicted octanol–water partition coefficient (Wildman–Crippen LogP) is 6.06. The first-order chi connectivity index (χ1) is 12.3. The number of rotatable bonds is 4. The van der Waals surface area contributed by atoms with Crippen LogP contribution < -0.4 is 4.74 Å². The average Bonchev–Trinajstić information content (AvgIpc) is 2.68. The summed E-state index contributed by atoms with van der Waals surface area (Å²) in [5.41, 5.74) is 4.66. The Bertz CT molecular complexity index is 902. The Balaban J connectivity index is 1.57. The summed E-state index contributed by atoms with van der Waals surface area (Å²) in [7, 11) is 0. The lowest BCUT2D eigenvalue weighted by atomic mass is 10.0. The zero-order valence-corrected chi connectivity index (χ0v) is 15.8. The highest BCUT2D eigenvalue weighted by atomic mass is 127. The summed E-state index contributed by atoms with van der Waals surface area (Å²) in [5, 5.41) is 0. The second kappa shape index (κ2) is 7.31. The quantitative estimate of drug-likeness (QED) is 0.460. The van der Waals surface area contributed by atoms with Crippen molar-refractivity contribution in [2.24, 2.45) is 0 Å². The van der Waals surface area contributed by atoms with Crippen LogP contribution in [-0.2, 0) is 18.0 Å². The number of hydrogen-bond acceptors (Lipinski definition) is 2. The second-order valence-corrected chi connectivity index (χ2v) is 6.97. The van der Waals surface area contributed by atoms with Crippen LogP contribution in [0.2, 0.25) is 0 Å². The van der Waals surface area contributed by atoms with Crippen LogP contribution in [0.3, 0.4) is 0 Å². The molecule has 3 aromatic rings. The lowest BCUT2D eigenvalue weighted by molar-refractivity contribution is 0.259. The Morgan fingerprint density at radius 2 is 1.60 bits per heavy atom. The summed E-state index contributed by atoms with van der Waals surface area (Å²) in [4.78, 5) is 0. The molecule has 0 saturated heterocycles. The normalized spacial score (nSPS) is 13.2. The van der Waals surface area contributed by atoms with Gasteiger partial charge in [-0.1, -0.05) is 60.7 Å². The highest BCUT2D eigenvalue weighted by molar-refractivity contribution is 14.1. The van der Waals surface area contributed by atoms with Gasteiger partial charge in [0.05, 0.1) is 3.58 Å². The van der Waals surface area contributed by atoms with Crippen LogP contribution in [0.25, 0.3) is 9.34 Å². The van der Waals surface area contributed by atoms with E-state index in [-0.39, 0.29) is 0 Å². The minimum absolute atomic E-state index is 0.564. The molecule has 0 unspecified atom stereocenters. The summed E-state index contributed by atoms with van der Waals surface area (Å²) in [6.45, 7) is 1.14. The minimum Gasteiger partial charge on any atom is -0.489 e. The van der Waals surface area contributed by atoms with E-state index in [2.05, 4.69) is 59.0 Å². The Morgan fingerprint density at radius 3 is 2.36 bits per heavy atom. The van der Waals surface area contributed by atoms with Gasteiger partial charge in [0.15, 0.2) is 0 Å². The van der Waals surface area contributed by atoms with Gasteiger partial charge in [-0.2, -0.15) is 0 Å². The maximum Gasteiger partial charge on any atom is 0.140 e. The van der Waals surface area contributed by atoms with Crippen molar-refractivity contribution >= 4 is 31.9 Å². The summed E-state index contributed by atoms with van der Waals surface area (Å²) >= 11 is 2.37. The maximum absolute atomic E-state index is 6.04. The molecular weight excluding hydrogens is 423 g/mol. The molecule has 0 aromatic heterocycles. The van der Waals surface area contributed by atoms with Gasteiger partial charge in [0.1, 0.15) is 24.7 Å². The van der Waals surface area contributed by atoms with Crippen LogP contribution in [0.15, 0.2) is 78.9 Å². The Labute approximate surface area is 161 Å². The van der Waals surface area contributed by atoms with Crippen LogP contribution in [0.1, 0.15) is 22.3 Å².